The topological polar surface area (TPSA) is 94.2 Å². The van der Waals surface area contributed by atoms with E-state index < -0.39 is 24.0 Å². The van der Waals surface area contributed by atoms with Crippen molar-refractivity contribution in [3.63, 3.8) is 0 Å². The number of nitrogens with one attached hydrogen (secondary N) is 1. The first kappa shape index (κ1) is 22.5. The Hall–Kier alpha value is -2.74. The Morgan fingerprint density at radius 1 is 1.31 bits per heavy atom. The van der Waals surface area contributed by atoms with E-state index in [-0.39, 0.29) is 6.54 Å². The van der Waals surface area contributed by atoms with E-state index in [2.05, 4.69) is 5.32 Å². The Balaban J connectivity index is 2.02. The van der Waals surface area contributed by atoms with Crippen LogP contribution < -0.4 is 14.8 Å². The highest BCUT2D eigenvalue weighted by molar-refractivity contribution is 6.32. The number of benzene rings is 1. The van der Waals surface area contributed by atoms with Crippen LogP contribution in [0.4, 0.5) is 4.79 Å². The summed E-state index contributed by atoms with van der Waals surface area (Å²) in [7, 11) is 1.50. The Morgan fingerprint density at radius 3 is 2.62 bits per heavy atom. The average Bonchev–Trinajstić information content (AvgIpc) is 3.09. The van der Waals surface area contributed by atoms with Crippen molar-refractivity contribution in [2.24, 2.45) is 5.92 Å². The maximum atomic E-state index is 12.2. The standard InChI is InChI=1S/C20H25ClN2O6/c1-12(2)11-28-18-15(21)9-14(10-16(18)27-4)5-6-17(24)29-13(3)19(25)23-8-7-22-20(23)26/h5-6,9-10,12-13H,7-8,11H2,1-4H3,(H,22,26)/b6-5+/t13-/m1/s1. The number of imide groups is 1. The number of carbonyl (C=O) groups is 3. The summed E-state index contributed by atoms with van der Waals surface area (Å²) in [5, 5.41) is 2.87. The molecule has 3 amide bonds. The molecule has 0 bridgehead atoms. The van der Waals surface area contributed by atoms with Crippen molar-refractivity contribution in [3.05, 3.63) is 28.8 Å². The molecule has 1 heterocycles. The van der Waals surface area contributed by atoms with E-state index in [1.54, 1.807) is 12.1 Å². The van der Waals surface area contributed by atoms with Gasteiger partial charge in [-0.25, -0.2) is 9.59 Å². The van der Waals surface area contributed by atoms with Gasteiger partial charge in [0.25, 0.3) is 5.91 Å². The summed E-state index contributed by atoms with van der Waals surface area (Å²) in [5.74, 6) is -0.0966. The van der Waals surface area contributed by atoms with Gasteiger partial charge in [0.2, 0.25) is 0 Å². The molecule has 0 unspecified atom stereocenters. The van der Waals surface area contributed by atoms with E-state index in [1.165, 1.54) is 26.2 Å². The average molecular weight is 425 g/mol. The Morgan fingerprint density at radius 2 is 2.03 bits per heavy atom. The highest BCUT2D eigenvalue weighted by Crippen LogP contribution is 2.37. The summed E-state index contributed by atoms with van der Waals surface area (Å²) in [6.45, 7) is 6.57. The molecule has 0 saturated carbocycles. The molecule has 0 aromatic heterocycles. The molecule has 1 aliphatic rings. The molecular formula is C20H25ClN2O6. The number of ether oxygens (including phenoxy) is 3. The largest absolute Gasteiger partial charge is 0.493 e. The molecule has 0 aliphatic carbocycles. The lowest BCUT2D eigenvalue weighted by atomic mass is 10.2. The van der Waals surface area contributed by atoms with Crippen LogP contribution in [-0.4, -0.2) is 55.7 Å². The van der Waals surface area contributed by atoms with Gasteiger partial charge in [-0.15, -0.1) is 0 Å². The molecule has 0 spiro atoms. The van der Waals surface area contributed by atoms with Crippen molar-refractivity contribution in [1.29, 1.82) is 0 Å². The van der Waals surface area contributed by atoms with Crippen LogP contribution in [0.3, 0.4) is 0 Å². The van der Waals surface area contributed by atoms with Gasteiger partial charge in [-0.1, -0.05) is 25.4 Å². The summed E-state index contributed by atoms with van der Waals surface area (Å²) < 4.78 is 16.1. The van der Waals surface area contributed by atoms with Gasteiger partial charge in [0.1, 0.15) is 0 Å². The quantitative estimate of drug-likeness (QED) is 0.509. The molecule has 1 saturated heterocycles. The predicted molar refractivity (Wildman–Crippen MR) is 108 cm³/mol. The number of amides is 3. The second kappa shape index (κ2) is 10.2. The predicted octanol–water partition coefficient (Wildman–Crippen LogP) is 2.88. The van der Waals surface area contributed by atoms with E-state index in [9.17, 15) is 14.4 Å². The van der Waals surface area contributed by atoms with Crippen LogP contribution in [0.5, 0.6) is 11.5 Å². The van der Waals surface area contributed by atoms with E-state index in [0.717, 1.165) is 4.90 Å². The van der Waals surface area contributed by atoms with E-state index >= 15 is 0 Å². The fourth-order valence-electron chi connectivity index (χ4n) is 2.56. The monoisotopic (exact) mass is 424 g/mol. The van der Waals surface area contributed by atoms with Crippen LogP contribution in [0, 0.1) is 5.92 Å². The molecule has 1 N–H and O–H groups in total. The van der Waals surface area contributed by atoms with Gasteiger partial charge in [0, 0.05) is 19.2 Å². The van der Waals surface area contributed by atoms with Gasteiger partial charge >= 0.3 is 12.0 Å². The first-order chi connectivity index (χ1) is 13.7. The van der Waals surface area contributed by atoms with Crippen molar-refractivity contribution < 1.29 is 28.6 Å². The number of halogens is 1. The molecular weight excluding hydrogens is 400 g/mol. The van der Waals surface area contributed by atoms with Crippen molar-refractivity contribution >= 4 is 35.6 Å². The Kier molecular flexibility index (Phi) is 7.90. The minimum absolute atomic E-state index is 0.249. The first-order valence-electron chi connectivity index (χ1n) is 9.21. The number of esters is 1. The maximum absolute atomic E-state index is 12.2. The van der Waals surface area contributed by atoms with Crippen molar-refractivity contribution in [2.75, 3.05) is 26.8 Å². The minimum Gasteiger partial charge on any atom is -0.493 e. The highest BCUT2D eigenvalue weighted by Gasteiger charge is 2.31. The number of rotatable bonds is 8. The zero-order valence-corrected chi connectivity index (χ0v) is 17.6. The van der Waals surface area contributed by atoms with Crippen LogP contribution >= 0.6 is 11.6 Å². The molecule has 1 fully saturated rings. The van der Waals surface area contributed by atoms with Gasteiger partial charge in [-0.2, -0.15) is 0 Å². The fourth-order valence-corrected chi connectivity index (χ4v) is 2.83. The number of nitrogens with zero attached hydrogens (tertiary/aromatic N) is 1. The molecule has 0 radical (unpaired) electrons. The summed E-state index contributed by atoms with van der Waals surface area (Å²) >= 11 is 6.28. The van der Waals surface area contributed by atoms with Gasteiger partial charge in [-0.05, 0) is 36.6 Å². The van der Waals surface area contributed by atoms with Crippen LogP contribution in [-0.2, 0) is 14.3 Å². The molecule has 29 heavy (non-hydrogen) atoms. The van der Waals surface area contributed by atoms with Crippen molar-refractivity contribution in [1.82, 2.24) is 10.2 Å². The third-order valence-corrected chi connectivity index (χ3v) is 4.27. The smallest absolute Gasteiger partial charge is 0.331 e. The number of methoxy groups -OCH3 is 1. The Labute approximate surface area is 174 Å². The second-order valence-electron chi connectivity index (χ2n) is 6.87. The van der Waals surface area contributed by atoms with Crippen molar-refractivity contribution in [3.8, 4) is 11.5 Å². The SMILES string of the molecule is COc1cc(/C=C/C(=O)O[C@H](C)C(=O)N2CCNC2=O)cc(Cl)c1OCC(C)C. The van der Waals surface area contributed by atoms with Crippen LogP contribution in [0.2, 0.25) is 5.02 Å². The fraction of sp³-hybridized carbons (Fsp3) is 0.450. The number of hydrogen-bond acceptors (Lipinski definition) is 6. The van der Waals surface area contributed by atoms with Gasteiger partial charge in [0.15, 0.2) is 17.6 Å². The van der Waals surface area contributed by atoms with E-state index in [4.69, 9.17) is 25.8 Å². The Bertz CT molecular complexity index is 808. The number of urea groups is 1. The zero-order valence-electron chi connectivity index (χ0n) is 16.9. The van der Waals surface area contributed by atoms with E-state index in [1.807, 2.05) is 13.8 Å². The molecule has 1 atom stereocenters. The van der Waals surface area contributed by atoms with Crippen LogP contribution in [0.25, 0.3) is 6.08 Å². The minimum atomic E-state index is -1.08. The van der Waals surface area contributed by atoms with Gasteiger partial charge in [0.05, 0.1) is 18.7 Å². The summed E-state index contributed by atoms with van der Waals surface area (Å²) in [6.07, 6.45) is 1.58. The lowest BCUT2D eigenvalue weighted by Gasteiger charge is -2.17. The zero-order chi connectivity index (χ0) is 21.6. The second-order valence-corrected chi connectivity index (χ2v) is 7.28. The van der Waals surface area contributed by atoms with Crippen LogP contribution in [0.15, 0.2) is 18.2 Å². The molecule has 1 aromatic carbocycles. The van der Waals surface area contributed by atoms with Gasteiger partial charge in [-0.3, -0.25) is 9.69 Å². The molecule has 2 rings (SSSR count). The van der Waals surface area contributed by atoms with E-state index in [0.29, 0.717) is 41.2 Å². The lowest BCUT2D eigenvalue weighted by Crippen LogP contribution is -2.41. The molecule has 1 aliphatic heterocycles. The molecule has 158 valence electrons. The summed E-state index contributed by atoms with van der Waals surface area (Å²) in [6, 6.07) is 2.82. The van der Waals surface area contributed by atoms with Crippen LogP contribution in [0.1, 0.15) is 26.3 Å². The normalized spacial score (nSPS) is 14.8. The molecule has 8 nitrogen and oxygen atoms in total. The summed E-state index contributed by atoms with van der Waals surface area (Å²) in [5.41, 5.74) is 0.596. The third-order valence-electron chi connectivity index (χ3n) is 3.99. The molecule has 9 heteroatoms. The third kappa shape index (κ3) is 6.12. The first-order valence-corrected chi connectivity index (χ1v) is 9.59. The summed E-state index contributed by atoms with van der Waals surface area (Å²) in [4.78, 5) is 36.7. The maximum Gasteiger partial charge on any atom is 0.331 e. The number of hydrogen-bond donors (Lipinski definition) is 1. The molecule has 1 aromatic rings. The number of carbonyl (C=O) groups excluding carboxylic acids is 3. The lowest BCUT2D eigenvalue weighted by molar-refractivity contribution is -0.153. The van der Waals surface area contributed by atoms with Crippen molar-refractivity contribution in [2.45, 2.75) is 26.9 Å². The highest BCUT2D eigenvalue weighted by atomic mass is 35.5. The van der Waals surface area contributed by atoms with Gasteiger partial charge < -0.3 is 19.5 Å².